The summed E-state index contributed by atoms with van der Waals surface area (Å²) in [5.41, 5.74) is 4.46. The number of amides is 2. The first-order valence-electron chi connectivity index (χ1n) is 8.18. The van der Waals surface area contributed by atoms with E-state index < -0.39 is 0 Å². The molecule has 0 aliphatic rings. The fourth-order valence-electron chi connectivity index (χ4n) is 2.49. The molecule has 2 aromatic carbocycles. The molecule has 0 saturated carbocycles. The minimum atomic E-state index is -0.0663. The summed E-state index contributed by atoms with van der Waals surface area (Å²) in [5.74, 6) is -0.127. The van der Waals surface area contributed by atoms with Crippen LogP contribution in [0.25, 0.3) is 0 Å². The highest BCUT2D eigenvalue weighted by atomic mass is 16.2. The van der Waals surface area contributed by atoms with Crippen molar-refractivity contribution in [2.75, 3.05) is 6.54 Å². The molecule has 4 nitrogen and oxygen atoms in total. The Morgan fingerprint density at radius 2 is 1.67 bits per heavy atom. The lowest BCUT2D eigenvalue weighted by Crippen LogP contribution is -2.31. The second-order valence-electron chi connectivity index (χ2n) is 5.97. The van der Waals surface area contributed by atoms with E-state index in [0.717, 1.165) is 11.1 Å². The van der Waals surface area contributed by atoms with E-state index in [9.17, 15) is 9.59 Å². The number of nitrogens with one attached hydrogen (secondary N) is 2. The maximum Gasteiger partial charge on any atom is 0.224 e. The number of carbonyl (C=O) groups is 2. The van der Waals surface area contributed by atoms with Crippen molar-refractivity contribution in [3.05, 3.63) is 70.8 Å². The molecule has 0 saturated heterocycles. The quantitative estimate of drug-likeness (QED) is 0.822. The largest absolute Gasteiger partial charge is 0.355 e. The molecule has 0 aliphatic heterocycles. The van der Waals surface area contributed by atoms with Gasteiger partial charge in [0.2, 0.25) is 11.8 Å². The van der Waals surface area contributed by atoms with Gasteiger partial charge in [-0.15, -0.1) is 0 Å². The number of hydrogen-bond donors (Lipinski definition) is 2. The fourth-order valence-corrected chi connectivity index (χ4v) is 2.49. The molecule has 0 bridgehead atoms. The van der Waals surface area contributed by atoms with Crippen molar-refractivity contribution in [2.45, 2.75) is 33.2 Å². The van der Waals surface area contributed by atoms with Crippen LogP contribution in [0.2, 0.25) is 0 Å². The lowest BCUT2D eigenvalue weighted by Gasteiger charge is -2.09. The normalized spacial score (nSPS) is 10.2. The number of benzene rings is 2. The van der Waals surface area contributed by atoms with Gasteiger partial charge in [-0.1, -0.05) is 54.1 Å². The molecule has 24 heavy (non-hydrogen) atoms. The summed E-state index contributed by atoms with van der Waals surface area (Å²) >= 11 is 0. The molecule has 0 unspecified atom stereocenters. The third kappa shape index (κ3) is 5.88. The molecule has 0 heterocycles. The van der Waals surface area contributed by atoms with Gasteiger partial charge in [0, 0.05) is 19.5 Å². The molecule has 0 fully saturated rings. The van der Waals surface area contributed by atoms with Crippen LogP contribution in [-0.2, 0) is 22.6 Å². The van der Waals surface area contributed by atoms with Gasteiger partial charge in [0.05, 0.1) is 6.42 Å². The maximum absolute atomic E-state index is 11.9. The van der Waals surface area contributed by atoms with Crippen molar-refractivity contribution in [1.82, 2.24) is 10.6 Å². The van der Waals surface area contributed by atoms with Crippen LogP contribution in [-0.4, -0.2) is 18.4 Å². The van der Waals surface area contributed by atoms with Crippen LogP contribution in [0.1, 0.15) is 28.7 Å². The standard InChI is InChI=1S/C20H24N2O2/c1-15-8-9-18(16(2)12-15)14-22-19(23)10-11-21-20(24)13-17-6-4-3-5-7-17/h3-9,12H,10-11,13-14H2,1-2H3,(H,21,24)(H,22,23). The first kappa shape index (κ1) is 17.7. The Bertz CT molecular complexity index is 696. The summed E-state index contributed by atoms with van der Waals surface area (Å²) in [6.45, 7) is 4.96. The van der Waals surface area contributed by atoms with E-state index in [1.165, 1.54) is 11.1 Å². The number of hydrogen-bond acceptors (Lipinski definition) is 2. The van der Waals surface area contributed by atoms with Gasteiger partial charge in [-0.25, -0.2) is 0 Å². The van der Waals surface area contributed by atoms with E-state index in [1.54, 1.807) is 0 Å². The van der Waals surface area contributed by atoms with Crippen molar-refractivity contribution in [3.63, 3.8) is 0 Å². The third-order valence-corrected chi connectivity index (χ3v) is 3.86. The van der Waals surface area contributed by atoms with Crippen molar-refractivity contribution < 1.29 is 9.59 Å². The summed E-state index contributed by atoms with van der Waals surface area (Å²) in [6, 6.07) is 15.7. The highest BCUT2D eigenvalue weighted by Crippen LogP contribution is 2.10. The van der Waals surface area contributed by atoms with E-state index in [-0.39, 0.29) is 18.2 Å². The zero-order valence-electron chi connectivity index (χ0n) is 14.3. The molecule has 2 N–H and O–H groups in total. The van der Waals surface area contributed by atoms with E-state index in [0.29, 0.717) is 19.5 Å². The molecule has 2 rings (SSSR count). The second kappa shape index (κ2) is 8.87. The predicted molar refractivity (Wildman–Crippen MR) is 95.5 cm³/mol. The number of aryl methyl sites for hydroxylation is 2. The molecular formula is C20H24N2O2. The average molecular weight is 324 g/mol. The third-order valence-electron chi connectivity index (χ3n) is 3.86. The molecule has 4 heteroatoms. The molecule has 0 atom stereocenters. The van der Waals surface area contributed by atoms with Gasteiger partial charge in [0.15, 0.2) is 0 Å². The number of carbonyl (C=O) groups excluding carboxylic acids is 2. The Kier molecular flexibility index (Phi) is 6.55. The monoisotopic (exact) mass is 324 g/mol. The lowest BCUT2D eigenvalue weighted by atomic mass is 10.1. The zero-order chi connectivity index (χ0) is 17.4. The van der Waals surface area contributed by atoms with Crippen molar-refractivity contribution in [1.29, 1.82) is 0 Å². The smallest absolute Gasteiger partial charge is 0.224 e. The molecule has 0 radical (unpaired) electrons. The van der Waals surface area contributed by atoms with Crippen LogP contribution in [0.3, 0.4) is 0 Å². The minimum Gasteiger partial charge on any atom is -0.355 e. The minimum absolute atomic E-state index is 0.0602. The van der Waals surface area contributed by atoms with E-state index >= 15 is 0 Å². The summed E-state index contributed by atoms with van der Waals surface area (Å²) in [6.07, 6.45) is 0.621. The van der Waals surface area contributed by atoms with Gasteiger partial charge in [-0.2, -0.15) is 0 Å². The molecule has 0 aliphatic carbocycles. The van der Waals surface area contributed by atoms with E-state index in [4.69, 9.17) is 0 Å². The fraction of sp³-hybridized carbons (Fsp3) is 0.300. The van der Waals surface area contributed by atoms with E-state index in [2.05, 4.69) is 16.7 Å². The maximum atomic E-state index is 11.9. The highest BCUT2D eigenvalue weighted by molar-refractivity contribution is 5.80. The topological polar surface area (TPSA) is 58.2 Å². The van der Waals surface area contributed by atoms with Crippen molar-refractivity contribution in [2.24, 2.45) is 0 Å². The first-order chi connectivity index (χ1) is 11.5. The van der Waals surface area contributed by atoms with Crippen LogP contribution in [0.15, 0.2) is 48.5 Å². The van der Waals surface area contributed by atoms with Gasteiger partial charge in [-0.3, -0.25) is 9.59 Å². The van der Waals surface area contributed by atoms with Crippen molar-refractivity contribution in [3.8, 4) is 0 Å². The summed E-state index contributed by atoms with van der Waals surface area (Å²) in [4.78, 5) is 23.7. The van der Waals surface area contributed by atoms with Gasteiger partial charge >= 0.3 is 0 Å². The SMILES string of the molecule is Cc1ccc(CNC(=O)CCNC(=O)Cc2ccccc2)c(C)c1. The van der Waals surface area contributed by atoms with Crippen LogP contribution in [0.5, 0.6) is 0 Å². The Morgan fingerprint density at radius 3 is 2.38 bits per heavy atom. The van der Waals surface area contributed by atoms with E-state index in [1.807, 2.05) is 56.3 Å². The second-order valence-corrected chi connectivity index (χ2v) is 5.97. The summed E-state index contributed by atoms with van der Waals surface area (Å²) in [5, 5.41) is 5.67. The molecule has 0 aromatic heterocycles. The molecular weight excluding hydrogens is 300 g/mol. The van der Waals surface area contributed by atoms with Gasteiger partial charge in [0.25, 0.3) is 0 Å². The van der Waals surface area contributed by atoms with Crippen molar-refractivity contribution >= 4 is 11.8 Å². The summed E-state index contributed by atoms with van der Waals surface area (Å²) < 4.78 is 0. The first-order valence-corrected chi connectivity index (χ1v) is 8.18. The van der Waals surface area contributed by atoms with Crippen LogP contribution in [0.4, 0.5) is 0 Å². The summed E-state index contributed by atoms with van der Waals surface area (Å²) in [7, 11) is 0. The lowest BCUT2D eigenvalue weighted by molar-refractivity contribution is -0.122. The van der Waals surface area contributed by atoms with Gasteiger partial charge < -0.3 is 10.6 Å². The Balaban J connectivity index is 1.67. The Labute approximate surface area is 143 Å². The average Bonchev–Trinajstić information content (AvgIpc) is 2.55. The molecule has 2 aromatic rings. The van der Waals surface area contributed by atoms with Crippen LogP contribution in [0, 0.1) is 13.8 Å². The zero-order valence-corrected chi connectivity index (χ0v) is 14.3. The van der Waals surface area contributed by atoms with Crippen LogP contribution >= 0.6 is 0 Å². The highest BCUT2D eigenvalue weighted by Gasteiger charge is 2.06. The van der Waals surface area contributed by atoms with Gasteiger partial charge in [0.1, 0.15) is 0 Å². The Hall–Kier alpha value is -2.62. The molecule has 2 amide bonds. The van der Waals surface area contributed by atoms with Gasteiger partial charge in [-0.05, 0) is 30.5 Å². The van der Waals surface area contributed by atoms with Crippen LogP contribution < -0.4 is 10.6 Å². The Morgan fingerprint density at radius 1 is 0.917 bits per heavy atom. The molecule has 0 spiro atoms. The predicted octanol–water partition coefficient (Wildman–Crippen LogP) is 2.67. The number of rotatable bonds is 7. The molecule has 126 valence electrons.